The molecule has 0 spiro atoms. The van der Waals surface area contributed by atoms with E-state index in [4.69, 9.17) is 0 Å². The first-order valence-electron chi connectivity index (χ1n) is 5.47. The summed E-state index contributed by atoms with van der Waals surface area (Å²) in [5.41, 5.74) is -0.0988. The number of halogens is 4. The second kappa shape index (κ2) is 5.26. The summed E-state index contributed by atoms with van der Waals surface area (Å²) in [6.45, 7) is 0.200. The highest BCUT2D eigenvalue weighted by Crippen LogP contribution is 2.29. The van der Waals surface area contributed by atoms with Crippen LogP contribution in [0, 0.1) is 5.82 Å². The lowest BCUT2D eigenvalue weighted by atomic mass is 10.1. The van der Waals surface area contributed by atoms with Crippen LogP contribution in [0.3, 0.4) is 0 Å². The molecule has 1 heterocycles. The molecule has 2 rings (SSSR count). The third-order valence-electron chi connectivity index (χ3n) is 2.50. The largest absolute Gasteiger partial charge is 0.416 e. The minimum Gasteiger partial charge on any atom is -0.364 e. The minimum atomic E-state index is -4.35. The number of nitrogens with zero attached hydrogens (tertiary/aromatic N) is 1. The number of hydrogen-bond acceptors (Lipinski definition) is 2. The van der Waals surface area contributed by atoms with Crippen molar-refractivity contribution in [3.05, 3.63) is 59.5 Å². The average molecular weight is 270 g/mol. The minimum absolute atomic E-state index is 0.0717. The Labute approximate surface area is 107 Å². The predicted octanol–water partition coefficient (Wildman–Crippen LogP) is 3.85. The van der Waals surface area contributed by atoms with Crippen molar-refractivity contribution < 1.29 is 17.6 Å². The molecular weight excluding hydrogens is 260 g/mol. The van der Waals surface area contributed by atoms with Crippen LogP contribution in [0.25, 0.3) is 0 Å². The summed E-state index contributed by atoms with van der Waals surface area (Å²) < 4.78 is 50.3. The van der Waals surface area contributed by atoms with Crippen molar-refractivity contribution in [2.75, 3.05) is 5.32 Å². The van der Waals surface area contributed by atoms with Gasteiger partial charge in [-0.2, -0.15) is 13.2 Å². The first-order chi connectivity index (χ1) is 8.97. The zero-order valence-electron chi connectivity index (χ0n) is 9.71. The van der Waals surface area contributed by atoms with Gasteiger partial charge in [0.1, 0.15) is 0 Å². The van der Waals surface area contributed by atoms with Gasteiger partial charge in [0.2, 0.25) is 0 Å². The van der Waals surface area contributed by atoms with E-state index in [0.29, 0.717) is 5.56 Å². The van der Waals surface area contributed by atoms with Crippen LogP contribution in [0.15, 0.2) is 42.6 Å². The zero-order valence-corrected chi connectivity index (χ0v) is 9.71. The molecule has 2 aromatic rings. The van der Waals surface area contributed by atoms with Crippen LogP contribution < -0.4 is 5.32 Å². The molecule has 0 saturated carbocycles. The van der Waals surface area contributed by atoms with E-state index in [0.717, 1.165) is 12.1 Å². The summed E-state index contributed by atoms with van der Waals surface area (Å²) >= 11 is 0. The van der Waals surface area contributed by atoms with Gasteiger partial charge >= 0.3 is 6.18 Å². The molecule has 100 valence electrons. The fraction of sp³-hybridized carbons (Fsp3) is 0.154. The van der Waals surface area contributed by atoms with Crippen molar-refractivity contribution in [1.29, 1.82) is 0 Å². The van der Waals surface area contributed by atoms with E-state index in [2.05, 4.69) is 10.3 Å². The molecular formula is C13H10F4N2. The molecule has 1 aromatic carbocycles. The highest BCUT2D eigenvalue weighted by Gasteiger charge is 2.29. The van der Waals surface area contributed by atoms with E-state index in [-0.39, 0.29) is 12.4 Å². The van der Waals surface area contributed by atoms with Gasteiger partial charge in [0, 0.05) is 12.7 Å². The van der Waals surface area contributed by atoms with Crippen LogP contribution >= 0.6 is 0 Å². The SMILES string of the molecule is Fc1cccnc1NCc1ccc(C(F)(F)F)cc1. The van der Waals surface area contributed by atoms with Gasteiger partial charge in [-0.1, -0.05) is 12.1 Å². The quantitative estimate of drug-likeness (QED) is 0.857. The smallest absolute Gasteiger partial charge is 0.364 e. The van der Waals surface area contributed by atoms with E-state index in [9.17, 15) is 17.6 Å². The van der Waals surface area contributed by atoms with Crippen LogP contribution in [-0.2, 0) is 12.7 Å². The van der Waals surface area contributed by atoms with Crippen LogP contribution in [0.1, 0.15) is 11.1 Å². The molecule has 1 N–H and O–H groups in total. The molecule has 0 atom stereocenters. The number of pyridine rings is 1. The number of benzene rings is 1. The van der Waals surface area contributed by atoms with Gasteiger partial charge in [0.25, 0.3) is 0 Å². The summed E-state index contributed by atoms with van der Waals surface area (Å²) in [5.74, 6) is -0.434. The lowest BCUT2D eigenvalue weighted by Gasteiger charge is -2.09. The Balaban J connectivity index is 2.03. The Hall–Kier alpha value is -2.11. The van der Waals surface area contributed by atoms with Gasteiger partial charge in [0.15, 0.2) is 11.6 Å². The summed E-state index contributed by atoms with van der Waals surface area (Å²) in [6.07, 6.45) is -2.92. The Morgan fingerprint density at radius 1 is 1.05 bits per heavy atom. The van der Waals surface area contributed by atoms with Crippen LogP contribution in [0.5, 0.6) is 0 Å². The van der Waals surface area contributed by atoms with E-state index in [1.807, 2.05) is 0 Å². The fourth-order valence-electron chi connectivity index (χ4n) is 1.51. The molecule has 0 saturated heterocycles. The molecule has 0 radical (unpaired) electrons. The number of anilines is 1. The summed E-state index contributed by atoms with van der Waals surface area (Å²) in [7, 11) is 0. The van der Waals surface area contributed by atoms with E-state index < -0.39 is 17.6 Å². The molecule has 0 unspecified atom stereocenters. The number of alkyl halides is 3. The van der Waals surface area contributed by atoms with Crippen molar-refractivity contribution >= 4 is 5.82 Å². The monoisotopic (exact) mass is 270 g/mol. The van der Waals surface area contributed by atoms with Crippen molar-refractivity contribution in [2.24, 2.45) is 0 Å². The molecule has 0 bridgehead atoms. The second-order valence-corrected chi connectivity index (χ2v) is 3.88. The number of hydrogen-bond donors (Lipinski definition) is 1. The molecule has 2 nitrogen and oxygen atoms in total. The highest BCUT2D eigenvalue weighted by atomic mass is 19.4. The molecule has 6 heteroatoms. The maximum Gasteiger partial charge on any atom is 0.416 e. The van der Waals surface area contributed by atoms with Crippen molar-refractivity contribution in [3.8, 4) is 0 Å². The normalized spacial score (nSPS) is 11.4. The van der Waals surface area contributed by atoms with Crippen molar-refractivity contribution in [1.82, 2.24) is 4.98 Å². The maximum absolute atomic E-state index is 13.2. The van der Waals surface area contributed by atoms with Crippen molar-refractivity contribution in [3.63, 3.8) is 0 Å². The Morgan fingerprint density at radius 3 is 2.32 bits per heavy atom. The first-order valence-corrected chi connectivity index (χ1v) is 5.47. The zero-order chi connectivity index (χ0) is 13.9. The van der Waals surface area contributed by atoms with Gasteiger partial charge in [-0.05, 0) is 29.8 Å². The van der Waals surface area contributed by atoms with E-state index >= 15 is 0 Å². The standard InChI is InChI=1S/C13H10F4N2/c14-11-2-1-7-18-12(11)19-8-9-3-5-10(6-4-9)13(15,16)17/h1-7H,8H2,(H,18,19). The van der Waals surface area contributed by atoms with Crippen LogP contribution in [0.4, 0.5) is 23.4 Å². The fourth-order valence-corrected chi connectivity index (χ4v) is 1.51. The van der Waals surface area contributed by atoms with Gasteiger partial charge in [0.05, 0.1) is 5.56 Å². The summed E-state index contributed by atoms with van der Waals surface area (Å²) in [4.78, 5) is 3.78. The maximum atomic E-state index is 13.2. The second-order valence-electron chi connectivity index (χ2n) is 3.88. The Morgan fingerprint density at radius 2 is 1.74 bits per heavy atom. The van der Waals surface area contributed by atoms with Crippen LogP contribution in [0.2, 0.25) is 0 Å². The Kier molecular flexibility index (Phi) is 3.69. The topological polar surface area (TPSA) is 24.9 Å². The predicted molar refractivity (Wildman–Crippen MR) is 63.0 cm³/mol. The van der Waals surface area contributed by atoms with Gasteiger partial charge < -0.3 is 5.32 Å². The lowest BCUT2D eigenvalue weighted by Crippen LogP contribution is -2.06. The molecule has 0 aliphatic carbocycles. The Bertz CT molecular complexity index is 549. The van der Waals surface area contributed by atoms with Gasteiger partial charge in [-0.3, -0.25) is 0 Å². The number of rotatable bonds is 3. The number of aromatic nitrogens is 1. The number of nitrogens with one attached hydrogen (secondary N) is 1. The summed E-state index contributed by atoms with van der Waals surface area (Å²) in [6, 6.07) is 7.38. The van der Waals surface area contributed by atoms with Crippen molar-refractivity contribution in [2.45, 2.75) is 12.7 Å². The van der Waals surface area contributed by atoms with Gasteiger partial charge in [-0.25, -0.2) is 9.37 Å². The van der Waals surface area contributed by atoms with Gasteiger partial charge in [-0.15, -0.1) is 0 Å². The summed E-state index contributed by atoms with van der Waals surface area (Å²) in [5, 5.41) is 2.72. The highest BCUT2D eigenvalue weighted by molar-refractivity contribution is 5.37. The first kappa shape index (κ1) is 13.3. The molecule has 1 aromatic heterocycles. The third kappa shape index (κ3) is 3.43. The van der Waals surface area contributed by atoms with E-state index in [1.54, 1.807) is 0 Å². The van der Waals surface area contributed by atoms with Crippen LogP contribution in [-0.4, -0.2) is 4.98 Å². The molecule has 19 heavy (non-hydrogen) atoms. The molecule has 0 amide bonds. The van der Waals surface area contributed by atoms with E-state index in [1.165, 1.54) is 30.5 Å². The molecule has 0 aliphatic rings. The average Bonchev–Trinajstić information content (AvgIpc) is 2.37. The molecule has 0 aliphatic heterocycles. The lowest BCUT2D eigenvalue weighted by molar-refractivity contribution is -0.137. The molecule has 0 fully saturated rings. The third-order valence-corrected chi connectivity index (χ3v) is 2.50.